The SMILES string of the molecule is Cc1ccc2cc(CCN)c(Cl)nc2c1. The second-order valence-corrected chi connectivity index (χ2v) is 4.03. The summed E-state index contributed by atoms with van der Waals surface area (Å²) < 4.78 is 0. The molecule has 0 radical (unpaired) electrons. The van der Waals surface area contributed by atoms with Crippen LogP contribution in [0.15, 0.2) is 24.3 Å². The van der Waals surface area contributed by atoms with Gasteiger partial charge in [0, 0.05) is 5.39 Å². The van der Waals surface area contributed by atoms with Gasteiger partial charge in [-0.3, -0.25) is 0 Å². The quantitative estimate of drug-likeness (QED) is 0.791. The molecule has 2 rings (SSSR count). The number of fused-ring (bicyclic) bond motifs is 1. The molecule has 0 aliphatic carbocycles. The van der Waals surface area contributed by atoms with E-state index in [2.05, 4.69) is 23.2 Å². The standard InChI is InChI=1S/C12H13ClN2/c1-8-2-3-9-7-10(4-5-14)12(13)15-11(9)6-8/h2-3,6-7H,4-5,14H2,1H3. The second-order valence-electron chi connectivity index (χ2n) is 3.67. The van der Waals surface area contributed by atoms with Gasteiger partial charge in [-0.15, -0.1) is 0 Å². The van der Waals surface area contributed by atoms with E-state index in [4.69, 9.17) is 17.3 Å². The molecule has 0 saturated heterocycles. The number of hydrogen-bond donors (Lipinski definition) is 1. The molecule has 0 fully saturated rings. The van der Waals surface area contributed by atoms with Gasteiger partial charge in [-0.25, -0.2) is 4.98 Å². The number of benzene rings is 1. The first kappa shape index (κ1) is 10.4. The highest BCUT2D eigenvalue weighted by molar-refractivity contribution is 6.30. The molecule has 1 aromatic carbocycles. The Bertz CT molecular complexity index is 494. The van der Waals surface area contributed by atoms with Crippen LogP contribution in [0.4, 0.5) is 0 Å². The maximum atomic E-state index is 6.07. The number of aryl methyl sites for hydroxylation is 1. The van der Waals surface area contributed by atoms with Gasteiger partial charge in [0.15, 0.2) is 0 Å². The van der Waals surface area contributed by atoms with Crippen molar-refractivity contribution in [1.82, 2.24) is 4.98 Å². The van der Waals surface area contributed by atoms with Crippen LogP contribution in [-0.2, 0) is 6.42 Å². The first-order valence-corrected chi connectivity index (χ1v) is 5.34. The zero-order valence-electron chi connectivity index (χ0n) is 8.63. The molecule has 0 bridgehead atoms. The Balaban J connectivity index is 2.60. The molecule has 0 amide bonds. The molecular weight excluding hydrogens is 208 g/mol. The summed E-state index contributed by atoms with van der Waals surface area (Å²) >= 11 is 6.07. The molecule has 2 aromatic rings. The van der Waals surface area contributed by atoms with Gasteiger partial charge in [0.1, 0.15) is 5.15 Å². The van der Waals surface area contributed by atoms with E-state index < -0.39 is 0 Å². The highest BCUT2D eigenvalue weighted by atomic mass is 35.5. The Morgan fingerprint density at radius 1 is 1.33 bits per heavy atom. The second kappa shape index (κ2) is 4.17. The van der Waals surface area contributed by atoms with Gasteiger partial charge in [-0.1, -0.05) is 23.7 Å². The van der Waals surface area contributed by atoms with E-state index >= 15 is 0 Å². The highest BCUT2D eigenvalue weighted by Crippen LogP contribution is 2.21. The summed E-state index contributed by atoms with van der Waals surface area (Å²) in [6.45, 7) is 2.64. The van der Waals surface area contributed by atoms with Crippen molar-refractivity contribution >= 4 is 22.5 Å². The smallest absolute Gasteiger partial charge is 0.133 e. The third-order valence-electron chi connectivity index (χ3n) is 2.41. The third-order valence-corrected chi connectivity index (χ3v) is 2.74. The summed E-state index contributed by atoms with van der Waals surface area (Å²) in [7, 11) is 0. The number of nitrogens with two attached hydrogens (primary N) is 1. The maximum absolute atomic E-state index is 6.07. The lowest BCUT2D eigenvalue weighted by Gasteiger charge is -2.05. The fraction of sp³-hybridized carbons (Fsp3) is 0.250. The van der Waals surface area contributed by atoms with E-state index in [1.807, 2.05) is 13.0 Å². The molecule has 3 heteroatoms. The van der Waals surface area contributed by atoms with Crippen molar-refractivity contribution in [2.75, 3.05) is 6.54 Å². The molecule has 2 N–H and O–H groups in total. The topological polar surface area (TPSA) is 38.9 Å². The van der Waals surface area contributed by atoms with E-state index in [-0.39, 0.29) is 0 Å². The van der Waals surface area contributed by atoms with Crippen molar-refractivity contribution in [1.29, 1.82) is 0 Å². The predicted octanol–water partition coefficient (Wildman–Crippen LogP) is 2.70. The molecular formula is C12H13ClN2. The molecule has 2 nitrogen and oxygen atoms in total. The molecule has 1 heterocycles. The minimum atomic E-state index is 0.568. The number of halogens is 1. The number of nitrogens with zero attached hydrogens (tertiary/aromatic N) is 1. The van der Waals surface area contributed by atoms with Gasteiger partial charge in [0.2, 0.25) is 0 Å². The number of hydrogen-bond acceptors (Lipinski definition) is 2. The predicted molar refractivity (Wildman–Crippen MR) is 64.2 cm³/mol. The monoisotopic (exact) mass is 220 g/mol. The summed E-state index contributed by atoms with van der Waals surface area (Å²) in [4.78, 5) is 4.36. The summed E-state index contributed by atoms with van der Waals surface area (Å²) in [6.07, 6.45) is 0.773. The fourth-order valence-electron chi connectivity index (χ4n) is 1.63. The molecule has 15 heavy (non-hydrogen) atoms. The van der Waals surface area contributed by atoms with Gasteiger partial charge in [0.05, 0.1) is 5.52 Å². The van der Waals surface area contributed by atoms with Crippen LogP contribution in [0.2, 0.25) is 5.15 Å². The lowest BCUT2D eigenvalue weighted by molar-refractivity contribution is 0.963. The van der Waals surface area contributed by atoms with Crippen LogP contribution in [0.3, 0.4) is 0 Å². The molecule has 0 aliphatic rings. The largest absolute Gasteiger partial charge is 0.330 e. The highest BCUT2D eigenvalue weighted by Gasteiger charge is 2.04. The van der Waals surface area contributed by atoms with Gasteiger partial charge in [-0.2, -0.15) is 0 Å². The van der Waals surface area contributed by atoms with Crippen molar-refractivity contribution in [3.05, 3.63) is 40.5 Å². The summed E-state index contributed by atoms with van der Waals surface area (Å²) in [5, 5.41) is 1.69. The molecule has 0 spiro atoms. The molecule has 0 atom stereocenters. The minimum Gasteiger partial charge on any atom is -0.330 e. The third kappa shape index (κ3) is 2.11. The first-order valence-electron chi connectivity index (χ1n) is 4.96. The van der Waals surface area contributed by atoms with Crippen LogP contribution in [0, 0.1) is 6.92 Å². The first-order chi connectivity index (χ1) is 7.20. The zero-order valence-corrected chi connectivity index (χ0v) is 9.38. The van der Waals surface area contributed by atoms with Crippen molar-refractivity contribution in [2.45, 2.75) is 13.3 Å². The zero-order chi connectivity index (χ0) is 10.8. The van der Waals surface area contributed by atoms with Gasteiger partial charge in [0.25, 0.3) is 0 Å². The summed E-state index contributed by atoms with van der Waals surface area (Å²) in [5.74, 6) is 0. The lowest BCUT2D eigenvalue weighted by Crippen LogP contribution is -2.03. The van der Waals surface area contributed by atoms with E-state index in [1.165, 1.54) is 5.56 Å². The van der Waals surface area contributed by atoms with Crippen LogP contribution in [0.25, 0.3) is 10.9 Å². The summed E-state index contributed by atoms with van der Waals surface area (Å²) in [5.41, 5.74) is 8.67. The van der Waals surface area contributed by atoms with E-state index in [1.54, 1.807) is 0 Å². The van der Waals surface area contributed by atoms with Crippen molar-refractivity contribution in [3.63, 3.8) is 0 Å². The molecule has 0 aliphatic heterocycles. The summed E-state index contributed by atoms with van der Waals surface area (Å²) in [6, 6.07) is 8.24. The molecule has 0 unspecified atom stereocenters. The van der Waals surface area contributed by atoms with Gasteiger partial charge >= 0.3 is 0 Å². The Labute approximate surface area is 94.1 Å². The maximum Gasteiger partial charge on any atom is 0.133 e. The molecule has 1 aromatic heterocycles. The van der Waals surface area contributed by atoms with Crippen molar-refractivity contribution in [2.24, 2.45) is 5.73 Å². The van der Waals surface area contributed by atoms with Crippen molar-refractivity contribution in [3.8, 4) is 0 Å². The van der Waals surface area contributed by atoms with Crippen molar-refractivity contribution < 1.29 is 0 Å². The molecule has 0 saturated carbocycles. The van der Waals surface area contributed by atoms with Crippen LogP contribution >= 0.6 is 11.6 Å². The Hall–Kier alpha value is -1.12. The average Bonchev–Trinajstić information content (AvgIpc) is 2.20. The molecule has 78 valence electrons. The lowest BCUT2D eigenvalue weighted by atomic mass is 10.1. The number of aromatic nitrogens is 1. The van der Waals surface area contributed by atoms with E-state index in [9.17, 15) is 0 Å². The van der Waals surface area contributed by atoms with Gasteiger partial charge < -0.3 is 5.73 Å². The minimum absolute atomic E-state index is 0.568. The Morgan fingerprint density at radius 3 is 2.87 bits per heavy atom. The van der Waals surface area contributed by atoms with Crippen LogP contribution < -0.4 is 5.73 Å². The van der Waals surface area contributed by atoms with Crippen LogP contribution in [0.5, 0.6) is 0 Å². The van der Waals surface area contributed by atoms with Crippen LogP contribution in [-0.4, -0.2) is 11.5 Å². The van der Waals surface area contributed by atoms with Crippen LogP contribution in [0.1, 0.15) is 11.1 Å². The number of rotatable bonds is 2. The van der Waals surface area contributed by atoms with E-state index in [0.717, 1.165) is 22.9 Å². The average molecular weight is 221 g/mol. The Morgan fingerprint density at radius 2 is 2.13 bits per heavy atom. The van der Waals surface area contributed by atoms with Gasteiger partial charge in [-0.05, 0) is 43.1 Å². The fourth-order valence-corrected chi connectivity index (χ4v) is 1.87. The number of pyridine rings is 1. The normalized spacial score (nSPS) is 10.9. The van der Waals surface area contributed by atoms with E-state index in [0.29, 0.717) is 11.7 Å². The Kier molecular flexibility index (Phi) is 2.89.